The fourth-order valence-electron chi connectivity index (χ4n) is 3.75. The number of benzene rings is 1. The number of hydrogen-bond donors (Lipinski definition) is 3. The largest absolute Gasteiger partial charge is 0.506 e. The number of rotatable bonds is 6. The van der Waals surface area contributed by atoms with Crippen LogP contribution in [0.4, 0.5) is 13.2 Å². The zero-order valence-electron chi connectivity index (χ0n) is 18.1. The third-order valence-electron chi connectivity index (χ3n) is 5.46. The summed E-state index contributed by atoms with van der Waals surface area (Å²) in [6, 6.07) is 4.01. The monoisotopic (exact) mass is 523 g/mol. The van der Waals surface area contributed by atoms with Gasteiger partial charge in [-0.15, -0.1) is 5.10 Å². The molecule has 2 amide bonds. The molecule has 4 rings (SSSR count). The molecule has 0 fully saturated rings. The number of nitrogens with one attached hydrogen (secondary N) is 1. The highest BCUT2D eigenvalue weighted by Crippen LogP contribution is 2.33. The van der Waals surface area contributed by atoms with Gasteiger partial charge in [-0.2, -0.15) is 13.2 Å². The number of pyridine rings is 1. The molecule has 0 unspecified atom stereocenters. The number of amides is 2. The lowest BCUT2D eigenvalue weighted by molar-refractivity contribution is -0.138. The minimum absolute atomic E-state index is 0.0309. The summed E-state index contributed by atoms with van der Waals surface area (Å²) in [4.78, 5) is 50.7. The highest BCUT2D eigenvalue weighted by Gasteiger charge is 2.35. The van der Waals surface area contributed by atoms with Crippen LogP contribution in [0.3, 0.4) is 0 Å². The van der Waals surface area contributed by atoms with E-state index >= 15 is 0 Å². The molecule has 0 aliphatic carbocycles. The molecule has 0 saturated carbocycles. The fraction of sp³-hybridized carbons (Fsp3) is 0.238. The first-order valence-corrected chi connectivity index (χ1v) is 11.0. The lowest BCUT2D eigenvalue weighted by atomic mass is 10.1. The topological polar surface area (TPSA) is 155 Å². The third kappa shape index (κ3) is 4.77. The molecule has 188 valence electrons. The number of aliphatic carboxylic acids is 1. The molecule has 3 N–H and O–H groups in total. The van der Waals surface area contributed by atoms with Crippen LogP contribution in [-0.4, -0.2) is 53.6 Å². The number of carboxylic acid groups (broad SMARTS) is 1. The van der Waals surface area contributed by atoms with E-state index in [-0.39, 0.29) is 42.1 Å². The first kappa shape index (κ1) is 24.8. The van der Waals surface area contributed by atoms with E-state index in [0.717, 1.165) is 40.4 Å². The normalized spacial score (nSPS) is 12.9. The van der Waals surface area contributed by atoms with Crippen LogP contribution in [0.15, 0.2) is 34.4 Å². The van der Waals surface area contributed by atoms with Crippen LogP contribution in [0, 0.1) is 0 Å². The van der Waals surface area contributed by atoms with Crippen LogP contribution in [0.25, 0.3) is 0 Å². The Balaban J connectivity index is 1.77. The Kier molecular flexibility index (Phi) is 6.49. The summed E-state index contributed by atoms with van der Waals surface area (Å²) in [5.74, 6) is -3.81. The van der Waals surface area contributed by atoms with Crippen LogP contribution in [0.1, 0.15) is 43.2 Å². The maximum atomic E-state index is 13.3. The zero-order chi connectivity index (χ0) is 26.2. The number of fused-ring (bicyclic) bond motifs is 1. The molecule has 0 spiro atoms. The van der Waals surface area contributed by atoms with Gasteiger partial charge < -0.3 is 25.0 Å². The fourth-order valence-corrected chi connectivity index (χ4v) is 4.18. The standard InChI is InChI=1S/C21H16F3N5O6S/c22-21(23,24)11-3-1-10(2-4-11)6-29-14-8-28(19(34)13-9-36-27-26-13)7-12(14)17(32)16(20(29)35)18(33)25-5-15(30)31/h1-4,9,32H,5-8H2,(H,25,33)(H,30,31). The third-order valence-corrected chi connectivity index (χ3v) is 5.97. The van der Waals surface area contributed by atoms with E-state index in [1.807, 2.05) is 5.32 Å². The molecule has 2 aromatic heterocycles. The molecule has 0 saturated heterocycles. The maximum Gasteiger partial charge on any atom is 0.416 e. The summed E-state index contributed by atoms with van der Waals surface area (Å²) in [6.45, 7) is -1.47. The summed E-state index contributed by atoms with van der Waals surface area (Å²) in [5, 5.41) is 26.7. The number of alkyl halides is 3. The summed E-state index contributed by atoms with van der Waals surface area (Å²) in [5.41, 5.74) is -2.09. The number of carbonyl (C=O) groups excluding carboxylic acids is 2. The van der Waals surface area contributed by atoms with Gasteiger partial charge in [0.2, 0.25) is 0 Å². The Hall–Kier alpha value is -4.27. The van der Waals surface area contributed by atoms with Gasteiger partial charge in [0.25, 0.3) is 17.4 Å². The number of carboxylic acids is 1. The van der Waals surface area contributed by atoms with Crippen molar-refractivity contribution in [2.24, 2.45) is 0 Å². The number of aromatic nitrogens is 3. The minimum Gasteiger partial charge on any atom is -0.506 e. The van der Waals surface area contributed by atoms with E-state index in [0.29, 0.717) is 0 Å². The first-order chi connectivity index (χ1) is 17.0. The number of halogens is 3. The van der Waals surface area contributed by atoms with Crippen molar-refractivity contribution in [2.45, 2.75) is 25.8 Å². The van der Waals surface area contributed by atoms with Gasteiger partial charge in [0.1, 0.15) is 17.9 Å². The van der Waals surface area contributed by atoms with E-state index in [4.69, 9.17) is 5.11 Å². The van der Waals surface area contributed by atoms with Gasteiger partial charge in [-0.25, -0.2) is 0 Å². The second kappa shape index (κ2) is 9.41. The van der Waals surface area contributed by atoms with E-state index in [9.17, 15) is 37.5 Å². The lowest BCUT2D eigenvalue weighted by Gasteiger charge is -2.16. The van der Waals surface area contributed by atoms with Crippen LogP contribution in [0.5, 0.6) is 5.75 Å². The van der Waals surface area contributed by atoms with Gasteiger partial charge >= 0.3 is 12.1 Å². The zero-order valence-corrected chi connectivity index (χ0v) is 18.9. The summed E-state index contributed by atoms with van der Waals surface area (Å²) in [7, 11) is 0. The predicted molar refractivity (Wildman–Crippen MR) is 116 cm³/mol. The van der Waals surface area contributed by atoms with Crippen molar-refractivity contribution in [3.05, 3.63) is 73.6 Å². The predicted octanol–water partition coefficient (Wildman–Crippen LogP) is 1.44. The number of aromatic hydroxyl groups is 1. The van der Waals surface area contributed by atoms with Crippen LogP contribution >= 0.6 is 11.5 Å². The van der Waals surface area contributed by atoms with Gasteiger partial charge in [-0.1, -0.05) is 16.6 Å². The number of hydrogen-bond acceptors (Lipinski definition) is 8. The molecule has 0 atom stereocenters. The van der Waals surface area contributed by atoms with Crippen LogP contribution < -0.4 is 10.9 Å². The Morgan fingerprint density at radius 2 is 1.83 bits per heavy atom. The quantitative estimate of drug-likeness (QED) is 0.439. The van der Waals surface area contributed by atoms with E-state index < -0.39 is 52.9 Å². The molecule has 0 radical (unpaired) electrons. The lowest BCUT2D eigenvalue weighted by Crippen LogP contribution is -2.37. The van der Waals surface area contributed by atoms with Crippen molar-refractivity contribution in [2.75, 3.05) is 6.54 Å². The summed E-state index contributed by atoms with van der Waals surface area (Å²) in [6.07, 6.45) is -4.56. The molecular formula is C21H16F3N5O6S. The average Bonchev–Trinajstić information content (AvgIpc) is 3.50. The summed E-state index contributed by atoms with van der Waals surface area (Å²) >= 11 is 0.944. The van der Waals surface area contributed by atoms with Crippen LogP contribution in [-0.2, 0) is 30.6 Å². The van der Waals surface area contributed by atoms with Crippen molar-refractivity contribution < 1.29 is 37.8 Å². The highest BCUT2D eigenvalue weighted by molar-refractivity contribution is 7.03. The van der Waals surface area contributed by atoms with Crippen molar-refractivity contribution in [1.29, 1.82) is 0 Å². The van der Waals surface area contributed by atoms with Crippen molar-refractivity contribution >= 4 is 29.3 Å². The highest BCUT2D eigenvalue weighted by atomic mass is 32.1. The second-order valence-electron chi connectivity index (χ2n) is 7.76. The van der Waals surface area contributed by atoms with Gasteiger partial charge in [-0.3, -0.25) is 19.2 Å². The van der Waals surface area contributed by atoms with Crippen molar-refractivity contribution in [3.8, 4) is 5.75 Å². The Labute approximate surface area is 203 Å². The molecule has 1 aliphatic heterocycles. The molecule has 1 aliphatic rings. The van der Waals surface area contributed by atoms with Gasteiger partial charge in [0, 0.05) is 16.6 Å². The van der Waals surface area contributed by atoms with Gasteiger partial charge in [0.05, 0.1) is 25.2 Å². The molecule has 15 heteroatoms. The molecule has 11 nitrogen and oxygen atoms in total. The van der Waals surface area contributed by atoms with E-state index in [1.165, 1.54) is 10.3 Å². The molecular weight excluding hydrogens is 507 g/mol. The van der Waals surface area contributed by atoms with Gasteiger partial charge in [0.15, 0.2) is 5.69 Å². The number of carbonyl (C=O) groups is 3. The van der Waals surface area contributed by atoms with Gasteiger partial charge in [-0.05, 0) is 29.2 Å². The maximum absolute atomic E-state index is 13.3. The Morgan fingerprint density at radius 3 is 2.42 bits per heavy atom. The average molecular weight is 523 g/mol. The summed E-state index contributed by atoms with van der Waals surface area (Å²) < 4.78 is 43.5. The molecule has 3 heterocycles. The first-order valence-electron chi connectivity index (χ1n) is 10.2. The van der Waals surface area contributed by atoms with Crippen molar-refractivity contribution in [1.82, 2.24) is 24.4 Å². The van der Waals surface area contributed by atoms with E-state index in [2.05, 4.69) is 9.59 Å². The minimum atomic E-state index is -4.56. The Bertz CT molecular complexity index is 1400. The number of nitrogens with zero attached hydrogens (tertiary/aromatic N) is 4. The smallest absolute Gasteiger partial charge is 0.416 e. The van der Waals surface area contributed by atoms with Crippen LogP contribution in [0.2, 0.25) is 0 Å². The SMILES string of the molecule is O=C(O)CNC(=O)c1c(O)c2c(n(Cc3ccc(C(F)(F)F)cc3)c1=O)CN(C(=O)c1csnn1)C2. The van der Waals surface area contributed by atoms with Crippen molar-refractivity contribution in [3.63, 3.8) is 0 Å². The molecule has 3 aromatic rings. The second-order valence-corrected chi connectivity index (χ2v) is 8.37. The molecule has 36 heavy (non-hydrogen) atoms. The molecule has 1 aromatic carbocycles. The Morgan fingerprint density at radius 1 is 1.14 bits per heavy atom. The molecule has 0 bridgehead atoms. The van der Waals surface area contributed by atoms with E-state index in [1.54, 1.807) is 0 Å².